The highest BCUT2D eigenvalue weighted by atomic mass is 32.1. The molecule has 0 aromatic heterocycles. The number of β-amino-alcohol motifs (C(OH)–C–C–N with tert-alkyl or cyclic N) is 1. The van der Waals surface area contributed by atoms with Crippen molar-refractivity contribution in [2.24, 2.45) is 0 Å². The highest BCUT2D eigenvalue weighted by Gasteiger charge is 2.27. The van der Waals surface area contributed by atoms with Crippen LogP contribution < -0.4 is 0 Å². The van der Waals surface area contributed by atoms with Crippen LogP contribution in [0, 0.1) is 0 Å². The minimum atomic E-state index is -0.441. The average molecular weight is 231 g/mol. The van der Waals surface area contributed by atoms with E-state index in [2.05, 4.69) is 17.5 Å². The first-order chi connectivity index (χ1) is 7.14. The largest absolute Gasteiger partial charge is 0.389 e. The fourth-order valence-corrected chi connectivity index (χ4v) is 2.54. The van der Waals surface area contributed by atoms with Gasteiger partial charge in [-0.3, -0.25) is 0 Å². The van der Waals surface area contributed by atoms with Crippen molar-refractivity contribution in [2.75, 3.05) is 25.4 Å². The summed E-state index contributed by atoms with van der Waals surface area (Å²) >= 11 is 4.20. The fourth-order valence-electron chi connectivity index (χ4n) is 2.31. The van der Waals surface area contributed by atoms with Gasteiger partial charge in [-0.05, 0) is 51.4 Å². The number of aliphatic hydroxyl groups is 1. The van der Waals surface area contributed by atoms with E-state index in [0.717, 1.165) is 31.7 Å². The smallest absolute Gasteiger partial charge is 0.0746 e. The number of rotatable bonds is 6. The third kappa shape index (κ3) is 5.79. The first-order valence-corrected chi connectivity index (χ1v) is 6.83. The van der Waals surface area contributed by atoms with E-state index in [1.807, 2.05) is 6.92 Å². The van der Waals surface area contributed by atoms with Gasteiger partial charge in [0.2, 0.25) is 0 Å². The molecule has 1 unspecified atom stereocenters. The van der Waals surface area contributed by atoms with Crippen LogP contribution in [0.2, 0.25) is 0 Å². The summed E-state index contributed by atoms with van der Waals surface area (Å²) in [6, 6.07) is 0. The van der Waals surface area contributed by atoms with Gasteiger partial charge in [-0.2, -0.15) is 12.6 Å². The molecule has 1 fully saturated rings. The number of likely N-dealkylation sites (tertiary alicyclic amines) is 1. The Morgan fingerprint density at radius 1 is 1.27 bits per heavy atom. The Morgan fingerprint density at radius 3 is 2.67 bits per heavy atom. The van der Waals surface area contributed by atoms with Crippen LogP contribution in [0.1, 0.15) is 45.4 Å². The molecule has 0 aromatic rings. The molecule has 0 amide bonds. The van der Waals surface area contributed by atoms with Gasteiger partial charge in [0.05, 0.1) is 5.60 Å². The van der Waals surface area contributed by atoms with E-state index in [4.69, 9.17) is 0 Å². The number of hydrogen-bond acceptors (Lipinski definition) is 3. The zero-order chi connectivity index (χ0) is 11.1. The molecule has 1 saturated heterocycles. The number of piperidine rings is 1. The van der Waals surface area contributed by atoms with Gasteiger partial charge >= 0.3 is 0 Å². The molecule has 0 spiro atoms. The van der Waals surface area contributed by atoms with Crippen LogP contribution in [0.25, 0.3) is 0 Å². The first-order valence-electron chi connectivity index (χ1n) is 6.20. The Kier molecular flexibility index (Phi) is 6.02. The predicted molar refractivity (Wildman–Crippen MR) is 68.6 cm³/mol. The molecule has 0 bridgehead atoms. The van der Waals surface area contributed by atoms with Gasteiger partial charge in [0.1, 0.15) is 0 Å². The van der Waals surface area contributed by atoms with Gasteiger partial charge in [-0.25, -0.2) is 0 Å². The van der Waals surface area contributed by atoms with E-state index in [-0.39, 0.29) is 0 Å². The molecule has 1 aliphatic rings. The van der Waals surface area contributed by atoms with Crippen LogP contribution in [0.15, 0.2) is 0 Å². The van der Waals surface area contributed by atoms with Crippen molar-refractivity contribution in [1.82, 2.24) is 4.90 Å². The van der Waals surface area contributed by atoms with Crippen LogP contribution in [0.4, 0.5) is 0 Å². The Balaban J connectivity index is 2.05. The third-order valence-corrected chi connectivity index (χ3v) is 3.45. The second-order valence-electron chi connectivity index (χ2n) is 5.01. The molecular weight excluding hydrogens is 206 g/mol. The fraction of sp³-hybridized carbons (Fsp3) is 1.00. The maximum atomic E-state index is 9.93. The van der Waals surface area contributed by atoms with E-state index in [1.54, 1.807) is 0 Å². The molecule has 1 N–H and O–H groups in total. The maximum absolute atomic E-state index is 9.93. The lowest BCUT2D eigenvalue weighted by atomic mass is 9.95. The van der Waals surface area contributed by atoms with Crippen molar-refractivity contribution in [3.63, 3.8) is 0 Å². The highest BCUT2D eigenvalue weighted by molar-refractivity contribution is 7.80. The Bertz CT molecular complexity index is 173. The average Bonchev–Trinajstić information content (AvgIpc) is 2.16. The van der Waals surface area contributed by atoms with Gasteiger partial charge in [-0.1, -0.05) is 12.8 Å². The summed E-state index contributed by atoms with van der Waals surface area (Å²) < 4.78 is 0. The topological polar surface area (TPSA) is 23.5 Å². The zero-order valence-corrected chi connectivity index (χ0v) is 10.8. The second kappa shape index (κ2) is 6.77. The quantitative estimate of drug-likeness (QED) is 0.541. The van der Waals surface area contributed by atoms with Gasteiger partial charge in [0.25, 0.3) is 0 Å². The Labute approximate surface area is 99.5 Å². The second-order valence-corrected chi connectivity index (χ2v) is 5.46. The van der Waals surface area contributed by atoms with Gasteiger partial charge in [0, 0.05) is 6.54 Å². The number of thiol groups is 1. The van der Waals surface area contributed by atoms with E-state index >= 15 is 0 Å². The maximum Gasteiger partial charge on any atom is 0.0746 e. The lowest BCUT2D eigenvalue weighted by Gasteiger charge is -2.36. The number of nitrogens with zero attached hydrogens (tertiary/aromatic N) is 1. The van der Waals surface area contributed by atoms with Crippen molar-refractivity contribution < 1.29 is 5.11 Å². The van der Waals surface area contributed by atoms with E-state index in [0.29, 0.717) is 0 Å². The first kappa shape index (κ1) is 13.3. The third-order valence-electron chi connectivity index (χ3n) is 3.14. The minimum absolute atomic E-state index is 0.441. The van der Waals surface area contributed by atoms with Crippen LogP contribution in [-0.2, 0) is 0 Å². The van der Waals surface area contributed by atoms with E-state index in [1.165, 1.54) is 32.2 Å². The van der Waals surface area contributed by atoms with Gasteiger partial charge < -0.3 is 10.0 Å². The van der Waals surface area contributed by atoms with E-state index in [9.17, 15) is 5.11 Å². The summed E-state index contributed by atoms with van der Waals surface area (Å²) in [7, 11) is 0. The molecule has 1 rings (SSSR count). The Morgan fingerprint density at radius 2 is 2.00 bits per heavy atom. The summed E-state index contributed by atoms with van der Waals surface area (Å²) in [5.74, 6) is 1.01. The molecule has 1 atom stereocenters. The van der Waals surface area contributed by atoms with Crippen LogP contribution in [-0.4, -0.2) is 41.0 Å². The highest BCUT2D eigenvalue weighted by Crippen LogP contribution is 2.20. The van der Waals surface area contributed by atoms with Gasteiger partial charge in [-0.15, -0.1) is 0 Å². The molecule has 1 aliphatic heterocycles. The zero-order valence-electron chi connectivity index (χ0n) is 9.91. The molecule has 0 saturated carbocycles. The van der Waals surface area contributed by atoms with Crippen molar-refractivity contribution in [3.8, 4) is 0 Å². The SMILES string of the molecule is CC1(O)CCCN(CCCCCCS)C1. The molecule has 90 valence electrons. The normalized spacial score (nSPS) is 28.2. The molecule has 0 aromatic carbocycles. The lowest BCUT2D eigenvalue weighted by molar-refractivity contribution is -0.0158. The van der Waals surface area contributed by atoms with Crippen LogP contribution >= 0.6 is 12.6 Å². The molecule has 15 heavy (non-hydrogen) atoms. The Hall–Kier alpha value is 0.270. The summed E-state index contributed by atoms with van der Waals surface area (Å²) in [5.41, 5.74) is -0.441. The van der Waals surface area contributed by atoms with Crippen molar-refractivity contribution in [1.29, 1.82) is 0 Å². The monoisotopic (exact) mass is 231 g/mol. The molecular formula is C12H25NOS. The molecule has 2 nitrogen and oxygen atoms in total. The van der Waals surface area contributed by atoms with E-state index < -0.39 is 5.60 Å². The summed E-state index contributed by atoms with van der Waals surface area (Å²) in [5, 5.41) is 9.93. The lowest BCUT2D eigenvalue weighted by Crippen LogP contribution is -2.46. The van der Waals surface area contributed by atoms with Crippen molar-refractivity contribution in [2.45, 2.75) is 51.0 Å². The van der Waals surface area contributed by atoms with Gasteiger partial charge in [0.15, 0.2) is 0 Å². The molecule has 0 radical (unpaired) electrons. The summed E-state index contributed by atoms with van der Waals surface area (Å²) in [6.45, 7) is 5.14. The molecule has 3 heteroatoms. The molecule has 0 aliphatic carbocycles. The van der Waals surface area contributed by atoms with Crippen LogP contribution in [0.3, 0.4) is 0 Å². The van der Waals surface area contributed by atoms with Crippen molar-refractivity contribution in [3.05, 3.63) is 0 Å². The summed E-state index contributed by atoms with van der Waals surface area (Å²) in [4.78, 5) is 2.41. The number of unbranched alkanes of at least 4 members (excludes halogenated alkanes) is 3. The summed E-state index contributed by atoms with van der Waals surface area (Å²) in [6.07, 6.45) is 7.21. The van der Waals surface area contributed by atoms with Crippen molar-refractivity contribution >= 4 is 12.6 Å². The predicted octanol–water partition coefficient (Wildman–Crippen LogP) is 2.32. The standard InChI is InChI=1S/C12H25NOS/c1-12(14)7-6-9-13(11-12)8-4-2-3-5-10-15/h14-15H,2-11H2,1H3. The van der Waals surface area contributed by atoms with Crippen LogP contribution in [0.5, 0.6) is 0 Å². The molecule has 1 heterocycles. The number of hydrogen-bond donors (Lipinski definition) is 2. The minimum Gasteiger partial charge on any atom is -0.389 e.